The zero-order valence-corrected chi connectivity index (χ0v) is 17.9. The summed E-state index contributed by atoms with van der Waals surface area (Å²) in [5, 5.41) is 0. The maximum atomic E-state index is 11.2. The van der Waals surface area contributed by atoms with Gasteiger partial charge in [-0.25, -0.2) is 0 Å². The lowest BCUT2D eigenvalue weighted by Crippen LogP contribution is -2.20. The van der Waals surface area contributed by atoms with Crippen molar-refractivity contribution in [1.29, 1.82) is 0 Å². The van der Waals surface area contributed by atoms with Crippen molar-refractivity contribution in [3.8, 4) is 28.4 Å². The van der Waals surface area contributed by atoms with Gasteiger partial charge in [0.05, 0.1) is 0 Å². The summed E-state index contributed by atoms with van der Waals surface area (Å²) in [6.45, 7) is -0.219. The predicted molar refractivity (Wildman–Crippen MR) is 128 cm³/mol. The van der Waals surface area contributed by atoms with Crippen LogP contribution in [0.15, 0.2) is 97.1 Å². The zero-order chi connectivity index (χ0) is 23.0. The average Bonchev–Trinajstić information content (AvgIpc) is 2.85. The van der Waals surface area contributed by atoms with Gasteiger partial charge in [0, 0.05) is 12.0 Å². The molecule has 0 atom stereocenters. The van der Waals surface area contributed by atoms with Gasteiger partial charge >= 0.3 is 0 Å². The van der Waals surface area contributed by atoms with Gasteiger partial charge in [0.1, 0.15) is 23.5 Å². The van der Waals surface area contributed by atoms with Crippen LogP contribution in [-0.2, 0) is 11.2 Å². The Kier molecular flexibility index (Phi) is 6.81. The maximum Gasteiger partial charge on any atom is 0.255 e. The number of aldehydes is 1. The highest BCUT2D eigenvalue weighted by Gasteiger charge is 2.09. The van der Waals surface area contributed by atoms with E-state index in [0.717, 1.165) is 40.0 Å². The molecule has 0 saturated carbocycles. The maximum absolute atomic E-state index is 11.2. The van der Waals surface area contributed by atoms with Gasteiger partial charge in [-0.15, -0.1) is 0 Å². The molecule has 4 aromatic carbocycles. The second-order valence-corrected chi connectivity index (χ2v) is 7.55. The Morgan fingerprint density at radius 3 is 2.06 bits per heavy atom. The van der Waals surface area contributed by atoms with Gasteiger partial charge in [-0.05, 0) is 64.7 Å². The summed E-state index contributed by atoms with van der Waals surface area (Å²) in [4.78, 5) is 22.2. The van der Waals surface area contributed by atoms with Crippen LogP contribution in [0.1, 0.15) is 21.5 Å². The van der Waals surface area contributed by atoms with Crippen molar-refractivity contribution in [3.63, 3.8) is 0 Å². The smallest absolute Gasteiger partial charge is 0.255 e. The Morgan fingerprint density at radius 2 is 1.42 bits per heavy atom. The van der Waals surface area contributed by atoms with Gasteiger partial charge in [0.15, 0.2) is 6.61 Å². The highest BCUT2D eigenvalue weighted by Crippen LogP contribution is 2.27. The number of nitrogens with two attached hydrogens (primary N) is 1. The van der Waals surface area contributed by atoms with Crippen molar-refractivity contribution < 1.29 is 19.1 Å². The monoisotopic (exact) mass is 437 g/mol. The molecule has 4 rings (SSSR count). The molecule has 0 aromatic heterocycles. The average molecular weight is 437 g/mol. The van der Waals surface area contributed by atoms with Crippen LogP contribution < -0.4 is 15.2 Å². The Balaban J connectivity index is 1.44. The van der Waals surface area contributed by atoms with E-state index < -0.39 is 5.91 Å². The van der Waals surface area contributed by atoms with Crippen LogP contribution in [0.2, 0.25) is 0 Å². The third kappa shape index (κ3) is 5.86. The normalized spacial score (nSPS) is 10.4. The molecular formula is C28H23NO4. The van der Waals surface area contributed by atoms with Crippen molar-refractivity contribution in [2.75, 3.05) is 6.61 Å². The van der Waals surface area contributed by atoms with E-state index in [4.69, 9.17) is 15.2 Å². The van der Waals surface area contributed by atoms with Crippen LogP contribution in [0.4, 0.5) is 0 Å². The Hall–Kier alpha value is -4.38. The largest absolute Gasteiger partial charge is 0.483 e. The number of rotatable bonds is 9. The van der Waals surface area contributed by atoms with Gasteiger partial charge in [0.2, 0.25) is 0 Å². The second-order valence-electron chi connectivity index (χ2n) is 7.55. The lowest BCUT2D eigenvalue weighted by Gasteiger charge is -2.12. The number of ether oxygens (including phenoxy) is 2. The molecule has 0 radical (unpaired) electrons. The molecular weight excluding hydrogens is 414 g/mol. The SMILES string of the molecule is NC(=O)COc1ccc(C=O)cc1Cc1ccc(Oc2ccc(-c3ccccc3)cc2)cc1. The molecule has 0 spiro atoms. The fraction of sp³-hybridized carbons (Fsp3) is 0.0714. The minimum Gasteiger partial charge on any atom is -0.483 e. The first-order valence-corrected chi connectivity index (χ1v) is 10.5. The number of carbonyl (C=O) groups is 2. The first-order valence-electron chi connectivity index (χ1n) is 10.5. The molecule has 4 aromatic rings. The fourth-order valence-corrected chi connectivity index (χ4v) is 3.48. The summed E-state index contributed by atoms with van der Waals surface area (Å²) in [6, 6.07) is 30.9. The molecule has 33 heavy (non-hydrogen) atoms. The molecule has 0 aliphatic rings. The molecule has 5 heteroatoms. The third-order valence-corrected chi connectivity index (χ3v) is 5.11. The molecule has 0 heterocycles. The Morgan fingerprint density at radius 1 is 0.788 bits per heavy atom. The van der Waals surface area contributed by atoms with Crippen molar-refractivity contribution in [1.82, 2.24) is 0 Å². The van der Waals surface area contributed by atoms with Crippen LogP contribution in [0.25, 0.3) is 11.1 Å². The van der Waals surface area contributed by atoms with E-state index >= 15 is 0 Å². The first kappa shape index (κ1) is 21.8. The summed E-state index contributed by atoms with van der Waals surface area (Å²) in [6.07, 6.45) is 1.31. The quantitative estimate of drug-likeness (QED) is 0.355. The summed E-state index contributed by atoms with van der Waals surface area (Å²) in [7, 11) is 0. The van der Waals surface area contributed by atoms with E-state index in [1.165, 1.54) is 0 Å². The van der Waals surface area contributed by atoms with E-state index in [1.54, 1.807) is 18.2 Å². The highest BCUT2D eigenvalue weighted by atomic mass is 16.5. The number of carbonyl (C=O) groups excluding carboxylic acids is 2. The molecule has 0 fully saturated rings. The van der Waals surface area contributed by atoms with Crippen LogP contribution in [-0.4, -0.2) is 18.8 Å². The van der Waals surface area contributed by atoms with Gasteiger partial charge in [0.25, 0.3) is 5.91 Å². The third-order valence-electron chi connectivity index (χ3n) is 5.11. The van der Waals surface area contributed by atoms with Crippen LogP contribution in [0.5, 0.6) is 17.2 Å². The first-order chi connectivity index (χ1) is 16.1. The van der Waals surface area contributed by atoms with Crippen LogP contribution in [0, 0.1) is 0 Å². The second kappa shape index (κ2) is 10.3. The fourth-order valence-electron chi connectivity index (χ4n) is 3.48. The van der Waals surface area contributed by atoms with Crippen molar-refractivity contribution in [2.45, 2.75) is 6.42 Å². The van der Waals surface area contributed by atoms with E-state index in [2.05, 4.69) is 12.1 Å². The molecule has 2 N–H and O–H groups in total. The molecule has 5 nitrogen and oxygen atoms in total. The molecule has 0 saturated heterocycles. The van der Waals surface area contributed by atoms with Crippen molar-refractivity contribution in [2.24, 2.45) is 5.73 Å². The van der Waals surface area contributed by atoms with E-state index in [-0.39, 0.29) is 6.61 Å². The summed E-state index contributed by atoms with van der Waals surface area (Å²) in [5.74, 6) is 1.44. The number of hydrogen-bond donors (Lipinski definition) is 1. The van der Waals surface area contributed by atoms with Gasteiger partial charge < -0.3 is 15.2 Å². The summed E-state index contributed by atoms with van der Waals surface area (Å²) >= 11 is 0. The van der Waals surface area contributed by atoms with E-state index in [9.17, 15) is 9.59 Å². The Labute approximate surface area is 192 Å². The minimum absolute atomic E-state index is 0.219. The number of amides is 1. The summed E-state index contributed by atoms with van der Waals surface area (Å²) in [5.41, 5.74) is 9.81. The molecule has 0 aliphatic carbocycles. The lowest BCUT2D eigenvalue weighted by molar-refractivity contribution is -0.119. The number of hydrogen-bond acceptors (Lipinski definition) is 4. The van der Waals surface area contributed by atoms with Crippen LogP contribution >= 0.6 is 0 Å². The van der Waals surface area contributed by atoms with Crippen molar-refractivity contribution >= 4 is 12.2 Å². The van der Waals surface area contributed by atoms with Crippen molar-refractivity contribution in [3.05, 3.63) is 114 Å². The number of primary amides is 1. The van der Waals surface area contributed by atoms with E-state index in [1.807, 2.05) is 66.7 Å². The van der Waals surface area contributed by atoms with Gasteiger partial charge in [-0.3, -0.25) is 9.59 Å². The molecule has 0 unspecified atom stereocenters. The minimum atomic E-state index is -0.557. The van der Waals surface area contributed by atoms with Gasteiger partial charge in [-0.2, -0.15) is 0 Å². The standard InChI is InChI=1S/C28H23NO4/c29-28(31)19-32-27-15-8-21(18-30)17-24(27)16-20-6-11-25(12-7-20)33-26-13-9-23(10-14-26)22-4-2-1-3-5-22/h1-15,17-18H,16,19H2,(H2,29,31). The molecule has 0 aliphatic heterocycles. The number of benzene rings is 4. The highest BCUT2D eigenvalue weighted by molar-refractivity contribution is 5.77. The topological polar surface area (TPSA) is 78.6 Å². The summed E-state index contributed by atoms with van der Waals surface area (Å²) < 4.78 is 11.5. The predicted octanol–water partition coefficient (Wildman–Crippen LogP) is 5.41. The molecule has 1 amide bonds. The van der Waals surface area contributed by atoms with E-state index in [0.29, 0.717) is 17.7 Å². The molecule has 0 bridgehead atoms. The van der Waals surface area contributed by atoms with Crippen LogP contribution in [0.3, 0.4) is 0 Å². The van der Waals surface area contributed by atoms with Gasteiger partial charge in [-0.1, -0.05) is 54.6 Å². The Bertz CT molecular complexity index is 1230. The zero-order valence-electron chi connectivity index (χ0n) is 17.9. The molecule has 164 valence electrons. The lowest BCUT2D eigenvalue weighted by atomic mass is 10.0.